The van der Waals surface area contributed by atoms with Crippen LogP contribution >= 0.6 is 0 Å². The number of primary sulfonamides is 1. The van der Waals surface area contributed by atoms with Gasteiger partial charge in [-0.1, -0.05) is 12.1 Å². The lowest BCUT2D eigenvalue weighted by atomic mass is 10.1. The van der Waals surface area contributed by atoms with Crippen LogP contribution in [0.4, 0.5) is 0 Å². The molecule has 0 amide bonds. The Balaban J connectivity index is 2.82. The third kappa shape index (κ3) is 2.36. The van der Waals surface area contributed by atoms with E-state index in [1.54, 1.807) is 12.1 Å². The minimum absolute atomic E-state index is 0.0663. The van der Waals surface area contributed by atoms with Crippen LogP contribution in [0.25, 0.3) is 5.69 Å². The Morgan fingerprint density at radius 3 is 2.63 bits per heavy atom. The highest BCUT2D eigenvalue weighted by molar-refractivity contribution is 7.89. The van der Waals surface area contributed by atoms with Gasteiger partial charge in [-0.2, -0.15) is 10.4 Å². The molecule has 0 radical (unpaired) electrons. The van der Waals surface area contributed by atoms with Crippen LogP contribution in [0.3, 0.4) is 0 Å². The van der Waals surface area contributed by atoms with E-state index < -0.39 is 10.0 Å². The number of sulfonamides is 1. The van der Waals surface area contributed by atoms with Gasteiger partial charge >= 0.3 is 0 Å². The van der Waals surface area contributed by atoms with E-state index in [2.05, 4.69) is 5.10 Å². The van der Waals surface area contributed by atoms with Crippen molar-refractivity contribution in [2.45, 2.75) is 18.9 Å². The smallest absolute Gasteiger partial charge is 0.223 e. The minimum atomic E-state index is -4.03. The van der Waals surface area contributed by atoms with Gasteiger partial charge in [-0.05, 0) is 31.0 Å². The van der Waals surface area contributed by atoms with Crippen LogP contribution in [-0.4, -0.2) is 18.2 Å². The van der Waals surface area contributed by atoms with Crippen LogP contribution in [-0.2, 0) is 10.0 Å². The maximum atomic E-state index is 11.6. The van der Waals surface area contributed by atoms with Gasteiger partial charge in [-0.3, -0.25) is 0 Å². The van der Waals surface area contributed by atoms with Crippen LogP contribution in [0.5, 0.6) is 0 Å². The molecular weight excluding hydrogens is 264 g/mol. The summed E-state index contributed by atoms with van der Waals surface area (Å²) >= 11 is 0. The maximum absolute atomic E-state index is 11.6. The first-order valence-electron chi connectivity index (χ1n) is 5.43. The first kappa shape index (κ1) is 13.3. The van der Waals surface area contributed by atoms with Crippen molar-refractivity contribution in [2.75, 3.05) is 0 Å². The summed E-state index contributed by atoms with van der Waals surface area (Å²) in [4.78, 5) is 0. The number of nitrogens with two attached hydrogens (primary N) is 1. The second-order valence-electron chi connectivity index (χ2n) is 4.22. The molecule has 0 saturated heterocycles. The normalized spacial score (nSPS) is 11.3. The molecule has 0 unspecified atom stereocenters. The van der Waals surface area contributed by atoms with Crippen molar-refractivity contribution in [1.82, 2.24) is 9.78 Å². The number of nitriles is 1. The van der Waals surface area contributed by atoms with Crippen LogP contribution in [0.2, 0.25) is 0 Å². The molecule has 2 rings (SSSR count). The van der Waals surface area contributed by atoms with Crippen molar-refractivity contribution in [3.8, 4) is 11.8 Å². The fourth-order valence-electron chi connectivity index (χ4n) is 1.81. The van der Waals surface area contributed by atoms with Crippen LogP contribution in [0.1, 0.15) is 16.7 Å². The summed E-state index contributed by atoms with van der Waals surface area (Å²) < 4.78 is 24.5. The molecule has 0 aliphatic heterocycles. The summed E-state index contributed by atoms with van der Waals surface area (Å²) in [5.74, 6) is 0. The zero-order chi connectivity index (χ0) is 14.2. The fraction of sp³-hybridized carbons (Fsp3) is 0.167. The number of aromatic nitrogens is 2. The quantitative estimate of drug-likeness (QED) is 0.884. The number of benzene rings is 1. The van der Waals surface area contributed by atoms with E-state index in [1.807, 2.05) is 26.0 Å². The van der Waals surface area contributed by atoms with E-state index in [1.165, 1.54) is 10.9 Å². The summed E-state index contributed by atoms with van der Waals surface area (Å²) in [6.07, 6.45) is 1.20. The van der Waals surface area contributed by atoms with E-state index in [-0.39, 0.29) is 10.6 Å². The zero-order valence-corrected chi connectivity index (χ0v) is 11.3. The van der Waals surface area contributed by atoms with E-state index in [9.17, 15) is 8.42 Å². The van der Waals surface area contributed by atoms with Crippen molar-refractivity contribution in [3.63, 3.8) is 0 Å². The molecule has 0 aliphatic carbocycles. The van der Waals surface area contributed by atoms with Gasteiger partial charge in [-0.25, -0.2) is 18.2 Å². The molecule has 0 aliphatic rings. The summed E-state index contributed by atoms with van der Waals surface area (Å²) in [7, 11) is -4.03. The first-order chi connectivity index (χ1) is 8.84. The SMILES string of the molecule is Cc1ccc(C)c(-n2ncc(C#N)c2S(N)(=O)=O)c1. The summed E-state index contributed by atoms with van der Waals surface area (Å²) in [6, 6.07) is 7.33. The molecule has 7 heteroatoms. The van der Waals surface area contributed by atoms with Crippen LogP contribution in [0, 0.1) is 25.2 Å². The van der Waals surface area contributed by atoms with Gasteiger partial charge in [-0.15, -0.1) is 0 Å². The van der Waals surface area contributed by atoms with Crippen molar-refractivity contribution < 1.29 is 8.42 Å². The number of hydrogen-bond acceptors (Lipinski definition) is 4. The van der Waals surface area contributed by atoms with Gasteiger partial charge in [0.15, 0.2) is 5.03 Å². The molecule has 1 heterocycles. The molecule has 2 N–H and O–H groups in total. The van der Waals surface area contributed by atoms with Crippen molar-refractivity contribution >= 4 is 10.0 Å². The van der Waals surface area contributed by atoms with E-state index in [0.717, 1.165) is 11.1 Å². The predicted molar refractivity (Wildman–Crippen MR) is 69.1 cm³/mol. The molecule has 1 aromatic heterocycles. The standard InChI is InChI=1S/C12H12N4O2S/c1-8-3-4-9(2)11(5-8)16-12(19(14,17)18)10(6-13)7-15-16/h3-5,7H,1-2H3,(H2,14,17,18). The molecule has 98 valence electrons. The lowest BCUT2D eigenvalue weighted by molar-refractivity contribution is 0.587. The topological polar surface area (TPSA) is 102 Å². The highest BCUT2D eigenvalue weighted by atomic mass is 32.2. The Labute approximate surface area is 111 Å². The second-order valence-corrected chi connectivity index (χ2v) is 5.70. The first-order valence-corrected chi connectivity index (χ1v) is 6.98. The highest BCUT2D eigenvalue weighted by Gasteiger charge is 2.23. The highest BCUT2D eigenvalue weighted by Crippen LogP contribution is 2.21. The average molecular weight is 276 g/mol. The van der Waals surface area contributed by atoms with E-state index >= 15 is 0 Å². The Kier molecular flexibility index (Phi) is 3.14. The van der Waals surface area contributed by atoms with Crippen molar-refractivity contribution in [2.24, 2.45) is 5.14 Å². The zero-order valence-electron chi connectivity index (χ0n) is 10.5. The molecule has 0 saturated carbocycles. The van der Waals surface area contributed by atoms with Gasteiger partial charge in [0, 0.05) is 0 Å². The Bertz CT molecular complexity index is 785. The van der Waals surface area contributed by atoms with Gasteiger partial charge in [0.25, 0.3) is 10.0 Å². The molecule has 0 fully saturated rings. The summed E-state index contributed by atoms with van der Waals surface area (Å²) in [5, 5.41) is 17.8. The summed E-state index contributed by atoms with van der Waals surface area (Å²) in [5.41, 5.74) is 2.31. The van der Waals surface area contributed by atoms with Gasteiger partial charge in [0.1, 0.15) is 11.6 Å². The molecule has 0 bridgehead atoms. The number of rotatable bonds is 2. The van der Waals surface area contributed by atoms with E-state index in [0.29, 0.717) is 5.69 Å². The predicted octanol–water partition coefficient (Wildman–Crippen LogP) is 1.01. The molecule has 2 aromatic rings. The van der Waals surface area contributed by atoms with Crippen molar-refractivity contribution in [1.29, 1.82) is 5.26 Å². The molecule has 6 nitrogen and oxygen atoms in total. The molecule has 19 heavy (non-hydrogen) atoms. The molecule has 0 spiro atoms. The fourth-order valence-corrected chi connectivity index (χ4v) is 2.60. The lowest BCUT2D eigenvalue weighted by Gasteiger charge is -2.10. The van der Waals surface area contributed by atoms with Crippen molar-refractivity contribution in [3.05, 3.63) is 41.1 Å². The number of aryl methyl sites for hydroxylation is 2. The average Bonchev–Trinajstić information content (AvgIpc) is 2.75. The summed E-state index contributed by atoms with van der Waals surface area (Å²) in [6.45, 7) is 3.71. The second kappa shape index (κ2) is 4.50. The minimum Gasteiger partial charge on any atom is -0.223 e. The molecule has 1 aromatic carbocycles. The van der Waals surface area contributed by atoms with Crippen LogP contribution in [0.15, 0.2) is 29.4 Å². The van der Waals surface area contributed by atoms with Crippen LogP contribution < -0.4 is 5.14 Å². The maximum Gasteiger partial charge on any atom is 0.257 e. The van der Waals surface area contributed by atoms with E-state index in [4.69, 9.17) is 10.4 Å². The molecule has 0 atom stereocenters. The Morgan fingerprint density at radius 2 is 2.05 bits per heavy atom. The van der Waals surface area contributed by atoms with Gasteiger partial charge in [0.05, 0.1) is 11.9 Å². The largest absolute Gasteiger partial charge is 0.257 e. The number of nitrogens with zero attached hydrogens (tertiary/aromatic N) is 3. The third-order valence-electron chi connectivity index (χ3n) is 2.71. The lowest BCUT2D eigenvalue weighted by Crippen LogP contribution is -2.18. The monoisotopic (exact) mass is 276 g/mol. The Morgan fingerprint density at radius 1 is 1.37 bits per heavy atom. The van der Waals surface area contributed by atoms with Gasteiger partial charge in [0.2, 0.25) is 0 Å². The molecular formula is C12H12N4O2S. The third-order valence-corrected chi connectivity index (χ3v) is 3.64. The number of hydrogen-bond donors (Lipinski definition) is 1. The Hall–Kier alpha value is -2.17. The van der Waals surface area contributed by atoms with Gasteiger partial charge < -0.3 is 0 Å².